The molecule has 0 bridgehead atoms. The van der Waals surface area contributed by atoms with Crippen molar-refractivity contribution >= 4 is 5.91 Å². The first kappa shape index (κ1) is 19.5. The minimum atomic E-state index is -0.308. The van der Waals surface area contributed by atoms with Gasteiger partial charge in [-0.3, -0.25) is 9.69 Å². The van der Waals surface area contributed by atoms with Crippen molar-refractivity contribution in [3.63, 3.8) is 0 Å². The van der Waals surface area contributed by atoms with Crippen molar-refractivity contribution in [1.29, 1.82) is 0 Å². The number of hydrogen-bond acceptors (Lipinski definition) is 6. The minimum Gasteiger partial charge on any atom is -0.379 e. The van der Waals surface area contributed by atoms with Crippen molar-refractivity contribution in [1.82, 2.24) is 15.4 Å². The predicted molar refractivity (Wildman–Crippen MR) is 96.4 cm³/mol. The maximum atomic E-state index is 12.9. The lowest BCUT2D eigenvalue weighted by Gasteiger charge is -2.26. The molecule has 8 heteroatoms. The van der Waals surface area contributed by atoms with Crippen LogP contribution in [0.1, 0.15) is 12.1 Å². The standard InChI is InChI=1S/C19H24FN3O4/c20-16-4-2-15(3-5-16)18-12-17(22-27-18)13-26-14-19(24)21-6-1-7-23-8-10-25-11-9-23/h2-5,12H,1,6-11,13-14H2,(H,21,24). The van der Waals surface area contributed by atoms with Gasteiger partial charge in [0.15, 0.2) is 5.76 Å². The lowest BCUT2D eigenvalue weighted by atomic mass is 10.1. The Morgan fingerprint density at radius 1 is 1.26 bits per heavy atom. The molecular weight excluding hydrogens is 353 g/mol. The number of carbonyl (C=O) groups excluding carboxylic acids is 1. The van der Waals surface area contributed by atoms with E-state index in [-0.39, 0.29) is 24.9 Å². The predicted octanol–water partition coefficient (Wildman–Crippen LogP) is 1.84. The number of nitrogens with zero attached hydrogens (tertiary/aromatic N) is 2. The number of carbonyl (C=O) groups is 1. The Kier molecular flexibility index (Phi) is 7.32. The van der Waals surface area contributed by atoms with E-state index in [1.54, 1.807) is 18.2 Å². The number of halogens is 1. The molecule has 1 aliphatic heterocycles. The van der Waals surface area contributed by atoms with Gasteiger partial charge in [0.25, 0.3) is 0 Å². The Morgan fingerprint density at radius 2 is 2.04 bits per heavy atom. The summed E-state index contributed by atoms with van der Waals surface area (Å²) in [6.45, 7) is 5.19. The van der Waals surface area contributed by atoms with Crippen LogP contribution >= 0.6 is 0 Å². The van der Waals surface area contributed by atoms with Crippen molar-refractivity contribution in [2.24, 2.45) is 0 Å². The van der Waals surface area contributed by atoms with Crippen LogP contribution in [0, 0.1) is 5.82 Å². The van der Waals surface area contributed by atoms with Gasteiger partial charge in [-0.05, 0) is 37.2 Å². The van der Waals surface area contributed by atoms with Crippen LogP contribution < -0.4 is 5.32 Å². The Bertz CT molecular complexity index is 714. The van der Waals surface area contributed by atoms with Crippen LogP contribution in [0.3, 0.4) is 0 Å². The zero-order chi connectivity index (χ0) is 18.9. The van der Waals surface area contributed by atoms with Gasteiger partial charge in [0.2, 0.25) is 5.91 Å². The van der Waals surface area contributed by atoms with Crippen LogP contribution in [-0.2, 0) is 20.9 Å². The molecule has 7 nitrogen and oxygen atoms in total. The van der Waals surface area contributed by atoms with E-state index in [2.05, 4.69) is 15.4 Å². The van der Waals surface area contributed by atoms with Crippen molar-refractivity contribution < 1.29 is 23.2 Å². The molecule has 2 aromatic rings. The summed E-state index contributed by atoms with van der Waals surface area (Å²) < 4.78 is 28.8. The molecule has 27 heavy (non-hydrogen) atoms. The highest BCUT2D eigenvalue weighted by Crippen LogP contribution is 2.20. The summed E-state index contributed by atoms with van der Waals surface area (Å²) in [6, 6.07) is 7.66. The molecule has 1 N–H and O–H groups in total. The van der Waals surface area contributed by atoms with Gasteiger partial charge in [0.1, 0.15) is 18.1 Å². The first-order valence-corrected chi connectivity index (χ1v) is 9.07. The van der Waals surface area contributed by atoms with E-state index in [1.807, 2.05) is 0 Å². The van der Waals surface area contributed by atoms with Gasteiger partial charge in [-0.15, -0.1) is 0 Å². The molecule has 0 spiro atoms. The third-order valence-corrected chi connectivity index (χ3v) is 4.25. The fourth-order valence-electron chi connectivity index (χ4n) is 2.78. The van der Waals surface area contributed by atoms with Crippen molar-refractivity contribution in [3.05, 3.63) is 41.8 Å². The largest absolute Gasteiger partial charge is 0.379 e. The molecule has 1 saturated heterocycles. The first-order chi connectivity index (χ1) is 13.2. The molecule has 0 atom stereocenters. The molecule has 3 rings (SSSR count). The average Bonchev–Trinajstić information content (AvgIpc) is 3.15. The summed E-state index contributed by atoms with van der Waals surface area (Å²) in [5.74, 6) is 0.0678. The van der Waals surface area contributed by atoms with Crippen molar-refractivity contribution in [2.45, 2.75) is 13.0 Å². The number of morpholine rings is 1. The van der Waals surface area contributed by atoms with Crippen LogP contribution in [0.25, 0.3) is 11.3 Å². The third kappa shape index (κ3) is 6.42. The number of hydrogen-bond donors (Lipinski definition) is 1. The second kappa shape index (κ2) is 10.1. The van der Waals surface area contributed by atoms with Gasteiger partial charge in [-0.25, -0.2) is 4.39 Å². The molecule has 0 radical (unpaired) electrons. The number of ether oxygens (including phenoxy) is 2. The molecule has 146 valence electrons. The fourth-order valence-corrected chi connectivity index (χ4v) is 2.78. The third-order valence-electron chi connectivity index (χ3n) is 4.25. The summed E-state index contributed by atoms with van der Waals surface area (Å²) in [7, 11) is 0. The molecule has 2 heterocycles. The quantitative estimate of drug-likeness (QED) is 0.672. The Balaban J connectivity index is 1.30. The van der Waals surface area contributed by atoms with Gasteiger partial charge < -0.3 is 19.3 Å². The van der Waals surface area contributed by atoms with Gasteiger partial charge in [0.05, 0.1) is 19.8 Å². The molecule has 1 aromatic heterocycles. The van der Waals surface area contributed by atoms with Crippen LogP contribution in [0.15, 0.2) is 34.9 Å². The van der Waals surface area contributed by atoms with Gasteiger partial charge in [0, 0.05) is 31.3 Å². The second-order valence-electron chi connectivity index (χ2n) is 6.34. The minimum absolute atomic E-state index is 0.0315. The summed E-state index contributed by atoms with van der Waals surface area (Å²) in [6.07, 6.45) is 0.899. The van der Waals surface area contributed by atoms with E-state index in [1.165, 1.54) is 12.1 Å². The average molecular weight is 377 g/mol. The highest BCUT2D eigenvalue weighted by molar-refractivity contribution is 5.77. The molecule has 1 amide bonds. The molecular formula is C19H24FN3O4. The zero-order valence-electron chi connectivity index (χ0n) is 15.2. The summed E-state index contributed by atoms with van der Waals surface area (Å²) in [4.78, 5) is 14.1. The maximum Gasteiger partial charge on any atom is 0.246 e. The Hall–Kier alpha value is -2.29. The first-order valence-electron chi connectivity index (χ1n) is 9.07. The molecule has 0 aliphatic carbocycles. The number of aromatic nitrogens is 1. The monoisotopic (exact) mass is 377 g/mol. The SMILES string of the molecule is O=C(COCc1cc(-c2ccc(F)cc2)on1)NCCCN1CCOCC1. The lowest BCUT2D eigenvalue weighted by molar-refractivity contribution is -0.126. The van der Waals surface area contributed by atoms with E-state index in [4.69, 9.17) is 14.0 Å². The summed E-state index contributed by atoms with van der Waals surface area (Å²) in [5, 5.41) is 6.74. The number of benzene rings is 1. The molecule has 1 fully saturated rings. The molecule has 0 unspecified atom stereocenters. The van der Waals surface area contributed by atoms with E-state index >= 15 is 0 Å². The number of nitrogens with one attached hydrogen (secondary N) is 1. The van der Waals surface area contributed by atoms with E-state index in [0.717, 1.165) is 44.8 Å². The summed E-state index contributed by atoms with van der Waals surface area (Å²) in [5.41, 5.74) is 1.31. The van der Waals surface area contributed by atoms with Crippen LogP contribution in [0.4, 0.5) is 4.39 Å². The summed E-state index contributed by atoms with van der Waals surface area (Å²) >= 11 is 0. The van der Waals surface area contributed by atoms with Crippen LogP contribution in [-0.4, -0.2) is 62.0 Å². The van der Waals surface area contributed by atoms with Gasteiger partial charge in [-0.1, -0.05) is 5.16 Å². The second-order valence-corrected chi connectivity index (χ2v) is 6.34. The topological polar surface area (TPSA) is 76.8 Å². The van der Waals surface area contributed by atoms with Crippen LogP contribution in [0.5, 0.6) is 0 Å². The number of rotatable bonds is 9. The molecule has 1 aromatic carbocycles. The van der Waals surface area contributed by atoms with Crippen LogP contribution in [0.2, 0.25) is 0 Å². The Labute approximate surface area is 157 Å². The number of amides is 1. The maximum absolute atomic E-state index is 12.9. The molecule has 1 aliphatic rings. The zero-order valence-corrected chi connectivity index (χ0v) is 15.2. The van der Waals surface area contributed by atoms with E-state index < -0.39 is 0 Å². The van der Waals surface area contributed by atoms with Crippen molar-refractivity contribution in [3.8, 4) is 11.3 Å². The highest BCUT2D eigenvalue weighted by Gasteiger charge is 2.10. The highest BCUT2D eigenvalue weighted by atomic mass is 19.1. The van der Waals surface area contributed by atoms with E-state index in [0.29, 0.717) is 18.0 Å². The van der Waals surface area contributed by atoms with Crippen molar-refractivity contribution in [2.75, 3.05) is 46.0 Å². The van der Waals surface area contributed by atoms with E-state index in [9.17, 15) is 9.18 Å². The smallest absolute Gasteiger partial charge is 0.246 e. The van der Waals surface area contributed by atoms with Gasteiger partial charge >= 0.3 is 0 Å². The lowest BCUT2D eigenvalue weighted by Crippen LogP contribution is -2.38. The van der Waals surface area contributed by atoms with Gasteiger partial charge in [-0.2, -0.15) is 0 Å². The Morgan fingerprint density at radius 3 is 2.81 bits per heavy atom. The molecule has 0 saturated carbocycles. The normalized spacial score (nSPS) is 15.0. The fraction of sp³-hybridized carbons (Fsp3) is 0.474.